The van der Waals surface area contributed by atoms with Gasteiger partial charge in [0.2, 0.25) is 0 Å². The van der Waals surface area contributed by atoms with Crippen LogP contribution >= 0.6 is 22.9 Å². The van der Waals surface area contributed by atoms with Crippen LogP contribution in [0.1, 0.15) is 12.0 Å². The van der Waals surface area contributed by atoms with Crippen molar-refractivity contribution in [3.63, 3.8) is 0 Å². The lowest BCUT2D eigenvalue weighted by Crippen LogP contribution is -1.88. The van der Waals surface area contributed by atoms with Crippen molar-refractivity contribution in [3.8, 4) is 10.6 Å². The highest BCUT2D eigenvalue weighted by atomic mass is 35.5. The Labute approximate surface area is 96.3 Å². The SMILES string of the molecule is OCCCc1cnoc1-c1ccc(Cl)s1. The minimum Gasteiger partial charge on any atom is -0.396 e. The van der Waals surface area contributed by atoms with Gasteiger partial charge in [0.05, 0.1) is 15.4 Å². The number of aromatic nitrogens is 1. The molecule has 5 heteroatoms. The Morgan fingerprint density at radius 2 is 2.33 bits per heavy atom. The van der Waals surface area contributed by atoms with E-state index in [-0.39, 0.29) is 6.61 Å². The Morgan fingerprint density at radius 3 is 3.00 bits per heavy atom. The van der Waals surface area contributed by atoms with Gasteiger partial charge in [-0.15, -0.1) is 11.3 Å². The van der Waals surface area contributed by atoms with Gasteiger partial charge in [-0.3, -0.25) is 0 Å². The highest BCUT2D eigenvalue weighted by Gasteiger charge is 2.12. The van der Waals surface area contributed by atoms with E-state index >= 15 is 0 Å². The van der Waals surface area contributed by atoms with Crippen LogP contribution in [-0.4, -0.2) is 16.9 Å². The standard InChI is InChI=1S/C10H10ClNO2S/c11-9-4-3-8(15-9)10-7(2-1-5-13)6-12-14-10/h3-4,6,13H,1-2,5H2. The fraction of sp³-hybridized carbons (Fsp3) is 0.300. The van der Waals surface area contributed by atoms with Crippen molar-refractivity contribution in [3.05, 3.63) is 28.2 Å². The Kier molecular flexibility index (Phi) is 3.41. The van der Waals surface area contributed by atoms with E-state index in [1.807, 2.05) is 12.1 Å². The molecule has 0 fully saturated rings. The van der Waals surface area contributed by atoms with Crippen LogP contribution in [-0.2, 0) is 6.42 Å². The summed E-state index contributed by atoms with van der Waals surface area (Å²) in [6, 6.07) is 3.75. The summed E-state index contributed by atoms with van der Waals surface area (Å²) < 4.78 is 5.91. The van der Waals surface area contributed by atoms with Gasteiger partial charge in [0.25, 0.3) is 0 Å². The molecule has 0 saturated carbocycles. The average molecular weight is 244 g/mol. The molecule has 0 spiro atoms. The monoisotopic (exact) mass is 243 g/mol. The van der Waals surface area contributed by atoms with Gasteiger partial charge in [-0.2, -0.15) is 0 Å². The number of aryl methyl sites for hydroxylation is 1. The van der Waals surface area contributed by atoms with E-state index in [0.717, 1.165) is 27.0 Å². The van der Waals surface area contributed by atoms with E-state index in [0.29, 0.717) is 6.42 Å². The van der Waals surface area contributed by atoms with Crippen molar-refractivity contribution in [1.82, 2.24) is 5.16 Å². The van der Waals surface area contributed by atoms with E-state index < -0.39 is 0 Å². The number of thiophene rings is 1. The van der Waals surface area contributed by atoms with Crippen molar-refractivity contribution in [1.29, 1.82) is 0 Å². The molecule has 2 heterocycles. The second-order valence-electron chi connectivity index (χ2n) is 3.11. The largest absolute Gasteiger partial charge is 0.396 e. The zero-order valence-electron chi connectivity index (χ0n) is 7.94. The number of halogens is 1. The molecule has 1 N–H and O–H groups in total. The van der Waals surface area contributed by atoms with Crippen molar-refractivity contribution >= 4 is 22.9 Å². The number of nitrogens with zero attached hydrogens (tertiary/aromatic N) is 1. The summed E-state index contributed by atoms with van der Waals surface area (Å²) in [5.41, 5.74) is 1.02. The van der Waals surface area contributed by atoms with Crippen molar-refractivity contribution < 1.29 is 9.63 Å². The number of aliphatic hydroxyl groups excluding tert-OH is 1. The van der Waals surface area contributed by atoms with E-state index in [1.54, 1.807) is 6.20 Å². The molecule has 2 rings (SSSR count). The van der Waals surface area contributed by atoms with Gasteiger partial charge >= 0.3 is 0 Å². The summed E-state index contributed by atoms with van der Waals surface area (Å²) in [6.07, 6.45) is 3.18. The van der Waals surface area contributed by atoms with Crippen LogP contribution in [0.25, 0.3) is 10.6 Å². The molecule has 0 aromatic carbocycles. The van der Waals surface area contributed by atoms with E-state index in [9.17, 15) is 0 Å². The predicted octanol–water partition coefficient (Wildman–Crippen LogP) is 2.98. The minimum atomic E-state index is 0.176. The number of aliphatic hydroxyl groups is 1. The fourth-order valence-electron chi connectivity index (χ4n) is 1.35. The molecule has 0 radical (unpaired) electrons. The fourth-order valence-corrected chi connectivity index (χ4v) is 2.40. The third-order valence-electron chi connectivity index (χ3n) is 2.05. The molecule has 0 atom stereocenters. The van der Waals surface area contributed by atoms with Gasteiger partial charge in [-0.1, -0.05) is 16.8 Å². The van der Waals surface area contributed by atoms with Crippen molar-refractivity contribution in [2.75, 3.05) is 6.61 Å². The molecule has 0 unspecified atom stereocenters. The molecular weight excluding hydrogens is 234 g/mol. The normalized spacial score (nSPS) is 10.8. The van der Waals surface area contributed by atoms with Gasteiger partial charge in [-0.05, 0) is 25.0 Å². The molecule has 0 aliphatic rings. The minimum absolute atomic E-state index is 0.176. The zero-order valence-corrected chi connectivity index (χ0v) is 9.51. The maximum Gasteiger partial charge on any atom is 0.179 e. The Hall–Kier alpha value is -0.840. The quantitative estimate of drug-likeness (QED) is 0.898. The molecule has 3 nitrogen and oxygen atoms in total. The second kappa shape index (κ2) is 4.79. The first-order valence-corrected chi connectivity index (χ1v) is 5.81. The lowest BCUT2D eigenvalue weighted by Gasteiger charge is -1.96. The lowest BCUT2D eigenvalue weighted by molar-refractivity contribution is 0.288. The second-order valence-corrected chi connectivity index (χ2v) is 4.83. The van der Waals surface area contributed by atoms with Crippen LogP contribution in [0.2, 0.25) is 4.34 Å². The summed E-state index contributed by atoms with van der Waals surface area (Å²) >= 11 is 7.31. The summed E-state index contributed by atoms with van der Waals surface area (Å²) in [6.45, 7) is 0.176. The molecular formula is C10H10ClNO2S. The topological polar surface area (TPSA) is 46.3 Å². The lowest BCUT2D eigenvalue weighted by atomic mass is 10.1. The summed E-state index contributed by atoms with van der Waals surface area (Å²) in [5, 5.41) is 12.5. The molecule has 80 valence electrons. The molecule has 2 aromatic rings. The Morgan fingerprint density at radius 1 is 1.47 bits per heavy atom. The van der Waals surface area contributed by atoms with Gasteiger partial charge in [-0.25, -0.2) is 0 Å². The molecule has 0 bridgehead atoms. The number of hydrogen-bond donors (Lipinski definition) is 1. The average Bonchev–Trinajstić information content (AvgIpc) is 2.82. The van der Waals surface area contributed by atoms with Crippen LogP contribution < -0.4 is 0 Å². The maximum absolute atomic E-state index is 8.76. The predicted molar refractivity (Wildman–Crippen MR) is 60.2 cm³/mol. The van der Waals surface area contributed by atoms with Crippen molar-refractivity contribution in [2.24, 2.45) is 0 Å². The first kappa shape index (κ1) is 10.7. The van der Waals surface area contributed by atoms with Gasteiger partial charge < -0.3 is 9.63 Å². The molecule has 0 aliphatic carbocycles. The Balaban J connectivity index is 2.24. The first-order valence-electron chi connectivity index (χ1n) is 4.61. The van der Waals surface area contributed by atoms with Gasteiger partial charge in [0.1, 0.15) is 0 Å². The van der Waals surface area contributed by atoms with E-state index in [4.69, 9.17) is 21.2 Å². The van der Waals surface area contributed by atoms with Crippen LogP contribution in [0.5, 0.6) is 0 Å². The summed E-state index contributed by atoms with van der Waals surface area (Å²) in [5.74, 6) is 0.764. The smallest absolute Gasteiger partial charge is 0.179 e. The maximum atomic E-state index is 8.76. The highest BCUT2D eigenvalue weighted by Crippen LogP contribution is 2.33. The number of rotatable bonds is 4. The first-order chi connectivity index (χ1) is 7.31. The van der Waals surface area contributed by atoms with Crippen LogP contribution in [0.4, 0.5) is 0 Å². The molecule has 0 amide bonds. The molecule has 2 aromatic heterocycles. The molecule has 0 saturated heterocycles. The van der Waals surface area contributed by atoms with Crippen LogP contribution in [0.3, 0.4) is 0 Å². The molecule has 15 heavy (non-hydrogen) atoms. The zero-order chi connectivity index (χ0) is 10.7. The Bertz CT molecular complexity index is 438. The summed E-state index contributed by atoms with van der Waals surface area (Å²) in [4.78, 5) is 0.977. The van der Waals surface area contributed by atoms with E-state index in [1.165, 1.54) is 11.3 Å². The number of hydrogen-bond acceptors (Lipinski definition) is 4. The third kappa shape index (κ3) is 2.40. The van der Waals surface area contributed by atoms with Crippen LogP contribution in [0, 0.1) is 0 Å². The van der Waals surface area contributed by atoms with Gasteiger partial charge in [0.15, 0.2) is 5.76 Å². The van der Waals surface area contributed by atoms with E-state index in [2.05, 4.69) is 5.16 Å². The van der Waals surface area contributed by atoms with Crippen LogP contribution in [0.15, 0.2) is 22.9 Å². The third-order valence-corrected chi connectivity index (χ3v) is 3.28. The summed E-state index contributed by atoms with van der Waals surface area (Å²) in [7, 11) is 0. The highest BCUT2D eigenvalue weighted by molar-refractivity contribution is 7.19. The molecule has 0 aliphatic heterocycles. The van der Waals surface area contributed by atoms with Crippen molar-refractivity contribution in [2.45, 2.75) is 12.8 Å². The van der Waals surface area contributed by atoms with Gasteiger partial charge in [0, 0.05) is 12.2 Å².